The fourth-order valence-electron chi connectivity index (χ4n) is 0.324. The van der Waals surface area contributed by atoms with E-state index in [1.807, 2.05) is 0 Å². The SMILES string of the molecule is [CH2]C/C(Br)=C/CC. The predicted octanol–water partition coefficient (Wildman–Crippen LogP) is 2.90. The average molecular weight is 162 g/mol. The summed E-state index contributed by atoms with van der Waals surface area (Å²) in [5.41, 5.74) is 0. The van der Waals surface area contributed by atoms with Crippen molar-refractivity contribution < 1.29 is 0 Å². The maximum atomic E-state index is 3.69. The Morgan fingerprint density at radius 2 is 2.43 bits per heavy atom. The van der Waals surface area contributed by atoms with Gasteiger partial charge in [0, 0.05) is 0 Å². The molecule has 0 spiro atoms. The maximum Gasteiger partial charge on any atom is -0.00893 e. The molecule has 0 aliphatic rings. The molecule has 0 N–H and O–H groups in total. The Balaban J connectivity index is 3.29. The van der Waals surface area contributed by atoms with Crippen molar-refractivity contribution in [2.75, 3.05) is 0 Å². The van der Waals surface area contributed by atoms with Crippen molar-refractivity contribution in [1.29, 1.82) is 0 Å². The minimum atomic E-state index is 0.869. The minimum Gasteiger partial charge on any atom is -0.0746 e. The largest absolute Gasteiger partial charge is 0.0746 e. The molecule has 1 heteroatoms. The van der Waals surface area contributed by atoms with Gasteiger partial charge in [-0.2, -0.15) is 0 Å². The van der Waals surface area contributed by atoms with Crippen molar-refractivity contribution in [1.82, 2.24) is 0 Å². The van der Waals surface area contributed by atoms with Gasteiger partial charge in [-0.05, 0) is 24.2 Å². The minimum absolute atomic E-state index is 0.869. The Kier molecular flexibility index (Phi) is 4.52. The lowest BCUT2D eigenvalue weighted by Crippen LogP contribution is -1.62. The first-order chi connectivity index (χ1) is 3.31. The van der Waals surface area contributed by atoms with Crippen molar-refractivity contribution in [3.8, 4) is 0 Å². The molecule has 0 aromatic rings. The Bertz CT molecular complexity index is 64.6. The second kappa shape index (κ2) is 4.38. The Morgan fingerprint density at radius 3 is 2.57 bits per heavy atom. The third-order valence-corrected chi connectivity index (χ3v) is 1.38. The van der Waals surface area contributed by atoms with Crippen LogP contribution in [0.4, 0.5) is 0 Å². The second-order valence-electron chi connectivity index (χ2n) is 1.31. The summed E-state index contributed by atoms with van der Waals surface area (Å²) in [6, 6.07) is 0. The molecule has 7 heavy (non-hydrogen) atoms. The normalized spacial score (nSPS) is 12.1. The highest BCUT2D eigenvalue weighted by Crippen LogP contribution is 2.08. The first-order valence-electron chi connectivity index (χ1n) is 2.45. The van der Waals surface area contributed by atoms with Gasteiger partial charge in [-0.15, -0.1) is 0 Å². The highest BCUT2D eigenvalue weighted by molar-refractivity contribution is 9.11. The first-order valence-corrected chi connectivity index (χ1v) is 3.24. The second-order valence-corrected chi connectivity index (χ2v) is 2.33. The molecule has 0 saturated carbocycles. The summed E-state index contributed by atoms with van der Waals surface area (Å²) in [6.07, 6.45) is 4.08. The molecule has 0 fully saturated rings. The fourth-order valence-corrected chi connectivity index (χ4v) is 0.647. The van der Waals surface area contributed by atoms with E-state index in [9.17, 15) is 0 Å². The highest BCUT2D eigenvalue weighted by Gasteiger charge is 1.79. The summed E-state index contributed by atoms with van der Waals surface area (Å²) in [7, 11) is 0. The summed E-state index contributed by atoms with van der Waals surface area (Å²) >= 11 is 3.34. The molecule has 0 rings (SSSR count). The lowest BCUT2D eigenvalue weighted by Gasteiger charge is -1.85. The topological polar surface area (TPSA) is 0 Å². The monoisotopic (exact) mass is 161 g/mol. The van der Waals surface area contributed by atoms with Gasteiger partial charge < -0.3 is 0 Å². The smallest absolute Gasteiger partial charge is 0.00893 e. The van der Waals surface area contributed by atoms with Gasteiger partial charge >= 0.3 is 0 Å². The van der Waals surface area contributed by atoms with Gasteiger partial charge in [0.25, 0.3) is 0 Å². The van der Waals surface area contributed by atoms with Crippen molar-refractivity contribution in [2.45, 2.75) is 19.8 Å². The molecule has 1 radical (unpaired) electrons. The van der Waals surface area contributed by atoms with Gasteiger partial charge in [0.15, 0.2) is 0 Å². The van der Waals surface area contributed by atoms with E-state index in [1.54, 1.807) is 0 Å². The molecule has 0 saturated heterocycles. The number of allylic oxidation sites excluding steroid dienone is 2. The van der Waals surface area contributed by atoms with Gasteiger partial charge in [0.05, 0.1) is 0 Å². The van der Waals surface area contributed by atoms with E-state index in [4.69, 9.17) is 0 Å². The molecule has 0 atom stereocenters. The zero-order chi connectivity index (χ0) is 5.70. The Hall–Kier alpha value is 0.220. The lowest BCUT2D eigenvalue weighted by molar-refractivity contribution is 1.19. The van der Waals surface area contributed by atoms with Gasteiger partial charge in [-0.25, -0.2) is 0 Å². The van der Waals surface area contributed by atoms with E-state index in [1.165, 1.54) is 4.48 Å². The number of hydrogen-bond acceptors (Lipinski definition) is 0. The van der Waals surface area contributed by atoms with Crippen LogP contribution in [0.2, 0.25) is 0 Å². The van der Waals surface area contributed by atoms with Gasteiger partial charge in [-0.1, -0.05) is 28.9 Å². The van der Waals surface area contributed by atoms with E-state index < -0.39 is 0 Å². The summed E-state index contributed by atoms with van der Waals surface area (Å²) in [5, 5.41) is 0. The van der Waals surface area contributed by atoms with Crippen molar-refractivity contribution >= 4 is 15.9 Å². The number of halogens is 1. The average Bonchev–Trinajstić information content (AvgIpc) is 1.68. The van der Waals surface area contributed by atoms with Crippen LogP contribution in [0.15, 0.2) is 10.6 Å². The molecular formula is C6H10Br. The predicted molar refractivity (Wildman–Crippen MR) is 37.3 cm³/mol. The van der Waals surface area contributed by atoms with Crippen LogP contribution in [-0.4, -0.2) is 0 Å². The van der Waals surface area contributed by atoms with Crippen LogP contribution >= 0.6 is 15.9 Å². The zero-order valence-electron chi connectivity index (χ0n) is 4.58. The van der Waals surface area contributed by atoms with Crippen molar-refractivity contribution in [2.24, 2.45) is 0 Å². The molecule has 0 nitrogen and oxygen atoms in total. The number of hydrogen-bond donors (Lipinski definition) is 0. The highest BCUT2D eigenvalue weighted by atomic mass is 79.9. The fraction of sp³-hybridized carbons (Fsp3) is 0.500. The molecule has 0 amide bonds. The molecule has 41 valence electrons. The summed E-state index contributed by atoms with van der Waals surface area (Å²) in [4.78, 5) is 0. The summed E-state index contributed by atoms with van der Waals surface area (Å²) in [5.74, 6) is 0. The third kappa shape index (κ3) is 4.07. The molecular weight excluding hydrogens is 152 g/mol. The van der Waals surface area contributed by atoms with Crippen LogP contribution in [0, 0.1) is 6.92 Å². The Labute approximate surface area is 53.7 Å². The van der Waals surface area contributed by atoms with Gasteiger partial charge in [0.2, 0.25) is 0 Å². The third-order valence-electron chi connectivity index (χ3n) is 0.664. The van der Waals surface area contributed by atoms with Crippen molar-refractivity contribution in [3.05, 3.63) is 17.5 Å². The quantitative estimate of drug-likeness (QED) is 0.585. The molecule has 0 bridgehead atoms. The van der Waals surface area contributed by atoms with Crippen LogP contribution in [0.25, 0.3) is 0 Å². The van der Waals surface area contributed by atoms with E-state index in [2.05, 4.69) is 35.9 Å². The van der Waals surface area contributed by atoms with Crippen LogP contribution < -0.4 is 0 Å². The summed E-state index contributed by atoms with van der Waals surface area (Å²) in [6.45, 7) is 5.80. The Morgan fingerprint density at radius 1 is 1.86 bits per heavy atom. The van der Waals surface area contributed by atoms with E-state index in [0.717, 1.165) is 12.8 Å². The lowest BCUT2D eigenvalue weighted by atomic mass is 10.4. The molecule has 0 aromatic carbocycles. The molecule has 0 aliphatic carbocycles. The summed E-state index contributed by atoms with van der Waals surface area (Å²) < 4.78 is 1.20. The maximum absolute atomic E-state index is 3.69. The van der Waals surface area contributed by atoms with E-state index in [0.29, 0.717) is 0 Å². The standard InChI is InChI=1S/C6H10Br/c1-3-5-6(7)4-2/h5H,2-4H2,1H3/b6-5-. The van der Waals surface area contributed by atoms with Crippen LogP contribution in [-0.2, 0) is 0 Å². The van der Waals surface area contributed by atoms with Gasteiger partial charge in [-0.3, -0.25) is 0 Å². The van der Waals surface area contributed by atoms with E-state index >= 15 is 0 Å². The van der Waals surface area contributed by atoms with Crippen LogP contribution in [0.1, 0.15) is 19.8 Å². The van der Waals surface area contributed by atoms with Gasteiger partial charge in [0.1, 0.15) is 0 Å². The number of rotatable bonds is 2. The van der Waals surface area contributed by atoms with Crippen LogP contribution in [0.3, 0.4) is 0 Å². The first kappa shape index (κ1) is 7.22. The van der Waals surface area contributed by atoms with Crippen molar-refractivity contribution in [3.63, 3.8) is 0 Å². The molecule has 0 aliphatic heterocycles. The molecule has 0 heterocycles. The molecule has 0 aromatic heterocycles. The molecule has 0 unspecified atom stereocenters. The zero-order valence-corrected chi connectivity index (χ0v) is 6.16. The van der Waals surface area contributed by atoms with Crippen LogP contribution in [0.5, 0.6) is 0 Å². The van der Waals surface area contributed by atoms with E-state index in [-0.39, 0.29) is 0 Å².